The van der Waals surface area contributed by atoms with E-state index < -0.39 is 0 Å². The average Bonchev–Trinajstić information content (AvgIpc) is 3.16. The molecule has 0 spiro atoms. The molecule has 1 aliphatic rings. The van der Waals surface area contributed by atoms with E-state index in [-0.39, 0.29) is 11.7 Å². The van der Waals surface area contributed by atoms with Crippen molar-refractivity contribution in [1.29, 1.82) is 0 Å². The molecule has 0 aromatic carbocycles. The second-order valence-electron chi connectivity index (χ2n) is 9.82. The number of pyridine rings is 1. The molecule has 0 amide bonds. The van der Waals surface area contributed by atoms with E-state index in [9.17, 15) is 0 Å². The standard InChI is InChI=1S/C27H45N7S/c1-8-25(35)33(7)21(5)30-15-10-11-22-17-27(6,9-2)34(18-22)26-23(20(4)29)12-13-24(32-26)31-16-14-19(3)28/h8,12-14,16,21-22,30,35H,4,9-11,15,17-18,28-29H2,1-3,5-7H3/b19-14-,25-8+,31-16?. The van der Waals surface area contributed by atoms with Crippen LogP contribution in [0.15, 0.2) is 46.6 Å². The van der Waals surface area contributed by atoms with Crippen LogP contribution in [0.3, 0.4) is 0 Å². The summed E-state index contributed by atoms with van der Waals surface area (Å²) in [5.41, 5.74) is 14.0. The molecule has 8 heteroatoms. The number of hydrogen-bond donors (Lipinski definition) is 4. The number of aliphatic imine (C=N–C) groups is 1. The molecule has 1 fully saturated rings. The molecule has 35 heavy (non-hydrogen) atoms. The van der Waals surface area contributed by atoms with Crippen LogP contribution in [0.4, 0.5) is 11.6 Å². The van der Waals surface area contributed by atoms with Gasteiger partial charge in [0.05, 0.1) is 11.2 Å². The summed E-state index contributed by atoms with van der Waals surface area (Å²) in [5, 5.41) is 4.58. The highest BCUT2D eigenvalue weighted by Gasteiger charge is 2.42. The number of nitrogens with one attached hydrogen (secondary N) is 1. The van der Waals surface area contributed by atoms with E-state index in [4.69, 9.17) is 16.5 Å². The lowest BCUT2D eigenvalue weighted by molar-refractivity contribution is 0.286. The molecule has 0 bridgehead atoms. The number of aromatic nitrogens is 1. The molecule has 2 rings (SSSR count). The van der Waals surface area contributed by atoms with Crippen molar-refractivity contribution in [3.63, 3.8) is 0 Å². The first-order valence-electron chi connectivity index (χ1n) is 12.5. The maximum Gasteiger partial charge on any atom is 0.154 e. The van der Waals surface area contributed by atoms with Gasteiger partial charge in [0.15, 0.2) is 5.82 Å². The van der Waals surface area contributed by atoms with Crippen LogP contribution in [-0.4, -0.2) is 47.9 Å². The van der Waals surface area contributed by atoms with Crippen LogP contribution in [-0.2, 0) is 0 Å². The van der Waals surface area contributed by atoms with Gasteiger partial charge in [0.2, 0.25) is 0 Å². The van der Waals surface area contributed by atoms with Crippen molar-refractivity contribution in [2.75, 3.05) is 25.0 Å². The normalized spacial score (nSPS) is 22.1. The highest BCUT2D eigenvalue weighted by Crippen LogP contribution is 2.42. The molecule has 0 radical (unpaired) electrons. The molecule has 1 aromatic rings. The van der Waals surface area contributed by atoms with Crippen molar-refractivity contribution in [1.82, 2.24) is 15.2 Å². The summed E-state index contributed by atoms with van der Waals surface area (Å²) in [6.45, 7) is 16.5. The van der Waals surface area contributed by atoms with Crippen molar-refractivity contribution in [3.8, 4) is 0 Å². The second kappa shape index (κ2) is 13.0. The van der Waals surface area contributed by atoms with E-state index in [0.717, 1.165) is 55.2 Å². The van der Waals surface area contributed by atoms with Gasteiger partial charge in [-0.15, -0.1) is 12.6 Å². The van der Waals surface area contributed by atoms with Gasteiger partial charge in [-0.05, 0) is 84.0 Å². The molecule has 0 aliphatic carbocycles. The Morgan fingerprint density at radius 3 is 2.77 bits per heavy atom. The van der Waals surface area contributed by atoms with Gasteiger partial charge in [0, 0.05) is 42.3 Å². The zero-order valence-electron chi connectivity index (χ0n) is 22.4. The predicted molar refractivity (Wildman–Crippen MR) is 155 cm³/mol. The third kappa shape index (κ3) is 7.77. The summed E-state index contributed by atoms with van der Waals surface area (Å²) in [7, 11) is 2.06. The minimum absolute atomic E-state index is 0.00570. The summed E-state index contributed by atoms with van der Waals surface area (Å²) < 4.78 is 0. The number of nitrogens with zero attached hydrogens (tertiary/aromatic N) is 4. The summed E-state index contributed by atoms with van der Waals surface area (Å²) >= 11 is 4.52. The Balaban J connectivity index is 2.14. The fraction of sp³-hybridized carbons (Fsp3) is 0.556. The van der Waals surface area contributed by atoms with E-state index in [2.05, 4.69) is 67.1 Å². The van der Waals surface area contributed by atoms with Crippen LogP contribution < -0.4 is 21.7 Å². The number of anilines is 1. The quantitative estimate of drug-likeness (QED) is 0.140. The lowest BCUT2D eigenvalue weighted by Crippen LogP contribution is -2.41. The number of rotatable bonds is 12. The fourth-order valence-electron chi connectivity index (χ4n) is 4.58. The van der Waals surface area contributed by atoms with E-state index in [0.29, 0.717) is 23.1 Å². The first-order chi connectivity index (χ1) is 16.5. The molecular formula is C27H45N7S. The molecule has 194 valence electrons. The lowest BCUT2D eigenvalue weighted by atomic mass is 9.89. The number of hydrogen-bond acceptors (Lipinski definition) is 8. The summed E-state index contributed by atoms with van der Waals surface area (Å²) in [5.74, 6) is 2.09. The molecule has 5 N–H and O–H groups in total. The smallest absolute Gasteiger partial charge is 0.154 e. The zero-order valence-corrected chi connectivity index (χ0v) is 23.3. The molecule has 1 aliphatic heterocycles. The fourth-order valence-corrected chi connectivity index (χ4v) is 4.76. The van der Waals surface area contributed by atoms with E-state index in [1.54, 1.807) is 12.3 Å². The molecular weight excluding hydrogens is 454 g/mol. The molecule has 3 unspecified atom stereocenters. The monoisotopic (exact) mass is 499 g/mol. The van der Waals surface area contributed by atoms with Gasteiger partial charge in [-0.3, -0.25) is 5.32 Å². The van der Waals surface area contributed by atoms with Crippen molar-refractivity contribution in [2.45, 2.75) is 72.0 Å². The van der Waals surface area contributed by atoms with Crippen LogP contribution in [0.25, 0.3) is 5.70 Å². The SMILES string of the molecule is C=C(N)c1ccc(N=C/C=C(/C)N)nc1N1CC(CCCNC(C)N(C)/C(S)=C\C)CC1(C)CC. The summed E-state index contributed by atoms with van der Waals surface area (Å²) in [6, 6.07) is 3.85. The summed E-state index contributed by atoms with van der Waals surface area (Å²) in [6.07, 6.45) is 10.1. The van der Waals surface area contributed by atoms with Gasteiger partial charge in [0.1, 0.15) is 5.82 Å². The van der Waals surface area contributed by atoms with Gasteiger partial charge in [-0.25, -0.2) is 9.98 Å². The van der Waals surface area contributed by atoms with Crippen LogP contribution in [0, 0.1) is 5.92 Å². The number of nitrogens with two attached hydrogens (primary N) is 2. The van der Waals surface area contributed by atoms with Crippen molar-refractivity contribution in [2.24, 2.45) is 22.4 Å². The Morgan fingerprint density at radius 1 is 1.46 bits per heavy atom. The Kier molecular flexibility index (Phi) is 10.7. The van der Waals surface area contributed by atoms with Gasteiger partial charge >= 0.3 is 0 Å². The molecule has 2 heterocycles. The Hall–Kier alpha value is -2.45. The Labute approximate surface area is 217 Å². The molecule has 7 nitrogen and oxygen atoms in total. The first-order valence-corrected chi connectivity index (χ1v) is 13.0. The Bertz CT molecular complexity index is 951. The maximum absolute atomic E-state index is 6.17. The van der Waals surface area contributed by atoms with Gasteiger partial charge in [-0.2, -0.15) is 0 Å². The van der Waals surface area contributed by atoms with Crippen LogP contribution in [0.1, 0.15) is 65.9 Å². The molecule has 1 aromatic heterocycles. The van der Waals surface area contributed by atoms with E-state index >= 15 is 0 Å². The van der Waals surface area contributed by atoms with Crippen LogP contribution >= 0.6 is 12.6 Å². The van der Waals surface area contributed by atoms with E-state index in [1.165, 1.54) is 0 Å². The minimum atomic E-state index is 0.00570. The number of allylic oxidation sites excluding steroid dienone is 3. The van der Waals surface area contributed by atoms with Crippen LogP contribution in [0.2, 0.25) is 0 Å². The second-order valence-corrected chi connectivity index (χ2v) is 10.3. The van der Waals surface area contributed by atoms with Gasteiger partial charge in [-0.1, -0.05) is 19.6 Å². The van der Waals surface area contributed by atoms with Crippen molar-refractivity contribution < 1.29 is 0 Å². The molecule has 1 saturated heterocycles. The largest absolute Gasteiger partial charge is 0.402 e. The maximum atomic E-state index is 6.17. The Morgan fingerprint density at radius 2 is 2.17 bits per heavy atom. The third-order valence-corrected chi connectivity index (χ3v) is 7.59. The predicted octanol–water partition coefficient (Wildman–Crippen LogP) is 5.01. The lowest BCUT2D eigenvalue weighted by Gasteiger charge is -2.36. The zero-order chi connectivity index (χ0) is 26.2. The average molecular weight is 500 g/mol. The number of thiol groups is 1. The van der Waals surface area contributed by atoms with Gasteiger partial charge < -0.3 is 21.3 Å². The summed E-state index contributed by atoms with van der Waals surface area (Å²) in [4.78, 5) is 13.9. The third-order valence-electron chi connectivity index (χ3n) is 7.02. The topological polar surface area (TPSA) is 95.8 Å². The molecule has 3 atom stereocenters. The highest BCUT2D eigenvalue weighted by molar-refractivity contribution is 7.84. The molecule has 0 saturated carbocycles. The van der Waals surface area contributed by atoms with Gasteiger partial charge in [0.25, 0.3) is 0 Å². The van der Waals surface area contributed by atoms with Crippen molar-refractivity contribution in [3.05, 3.63) is 47.2 Å². The minimum Gasteiger partial charge on any atom is -0.402 e. The highest BCUT2D eigenvalue weighted by atomic mass is 32.1. The van der Waals surface area contributed by atoms with Crippen LogP contribution in [0.5, 0.6) is 0 Å². The van der Waals surface area contributed by atoms with Crippen molar-refractivity contribution >= 4 is 36.2 Å². The first kappa shape index (κ1) is 28.8. The van der Waals surface area contributed by atoms with E-state index in [1.807, 2.05) is 32.1 Å².